The zero-order valence-electron chi connectivity index (χ0n) is 17.1. The number of carbonyl (C=O) groups is 2. The lowest BCUT2D eigenvalue weighted by molar-refractivity contribution is 0.0992. The summed E-state index contributed by atoms with van der Waals surface area (Å²) in [5, 5.41) is 3.29. The third-order valence-electron chi connectivity index (χ3n) is 4.59. The number of nitrogens with two attached hydrogens (primary N) is 1. The summed E-state index contributed by atoms with van der Waals surface area (Å²) >= 11 is 5.86. The predicted molar refractivity (Wildman–Crippen MR) is 121 cm³/mol. The highest BCUT2D eigenvalue weighted by Gasteiger charge is 2.17. The molecule has 0 unspecified atom stereocenters. The van der Waals surface area contributed by atoms with Crippen LogP contribution >= 0.6 is 11.6 Å². The molecular formula is C23H21ClN4O3. The molecule has 0 atom stereocenters. The molecule has 1 aromatic heterocycles. The van der Waals surface area contributed by atoms with Crippen LogP contribution in [0.5, 0.6) is 5.75 Å². The number of ether oxygens (including phenoxy) is 1. The van der Waals surface area contributed by atoms with Gasteiger partial charge in [0.2, 0.25) is 0 Å². The molecule has 0 saturated carbocycles. The average molecular weight is 437 g/mol. The normalized spacial score (nSPS) is 11.1. The number of methoxy groups -OCH3 is 1. The fourth-order valence-corrected chi connectivity index (χ4v) is 2.99. The molecule has 3 rings (SSSR count). The van der Waals surface area contributed by atoms with E-state index in [0.717, 1.165) is 5.56 Å². The molecule has 0 saturated heterocycles. The van der Waals surface area contributed by atoms with Crippen molar-refractivity contribution >= 4 is 34.8 Å². The van der Waals surface area contributed by atoms with Gasteiger partial charge in [0, 0.05) is 35.6 Å². The Labute approximate surface area is 184 Å². The van der Waals surface area contributed by atoms with E-state index in [4.69, 9.17) is 22.1 Å². The van der Waals surface area contributed by atoms with Crippen molar-refractivity contribution in [3.05, 3.63) is 88.2 Å². The number of Topliss-reactive ketones (excluding diaryl/α,β-unsaturated/α-hetero) is 1. The van der Waals surface area contributed by atoms with Crippen LogP contribution in [0.3, 0.4) is 0 Å². The van der Waals surface area contributed by atoms with Crippen LogP contribution in [0.1, 0.15) is 32.0 Å². The molecule has 8 heteroatoms. The second-order valence-corrected chi connectivity index (χ2v) is 7.06. The Balaban J connectivity index is 1.84. The number of anilines is 1. The van der Waals surface area contributed by atoms with Gasteiger partial charge in [0.05, 0.1) is 24.2 Å². The highest BCUT2D eigenvalue weighted by atomic mass is 35.5. The van der Waals surface area contributed by atoms with E-state index in [9.17, 15) is 9.59 Å². The number of carbonyl (C=O) groups excluding carboxylic acids is 2. The first-order chi connectivity index (χ1) is 14.9. The summed E-state index contributed by atoms with van der Waals surface area (Å²) in [5.41, 5.74) is 8.19. The molecule has 158 valence electrons. The van der Waals surface area contributed by atoms with Crippen molar-refractivity contribution in [1.29, 1.82) is 0 Å². The van der Waals surface area contributed by atoms with Crippen LogP contribution in [0.15, 0.2) is 65.8 Å². The van der Waals surface area contributed by atoms with Gasteiger partial charge in [-0.05, 0) is 42.5 Å². The van der Waals surface area contributed by atoms with E-state index < -0.39 is 0 Å². The summed E-state index contributed by atoms with van der Waals surface area (Å²) in [7, 11) is 3.10. The van der Waals surface area contributed by atoms with Crippen LogP contribution in [0.4, 0.5) is 5.69 Å². The van der Waals surface area contributed by atoms with Crippen molar-refractivity contribution in [1.82, 2.24) is 4.98 Å². The highest BCUT2D eigenvalue weighted by Crippen LogP contribution is 2.24. The first-order valence-electron chi connectivity index (χ1n) is 9.37. The number of nitrogens with one attached hydrogen (secondary N) is 1. The number of hydrogen-bond donors (Lipinski definition) is 2. The standard InChI is InChI=1S/C23H21ClN4O3/c1-26-22(25)14-3-5-15(6-4-14)23(30)28-20-10-9-18(31-2)12-19(20)21(29)11-17-8-7-16(24)13-27-17/h3-10,12-13H,11H2,1-2H3,(H2,25,26)(H,28,30). The molecule has 0 fully saturated rings. The van der Waals surface area contributed by atoms with E-state index in [1.807, 2.05) is 0 Å². The summed E-state index contributed by atoms with van der Waals surface area (Å²) in [6.45, 7) is 0. The second kappa shape index (κ2) is 9.86. The maximum atomic E-state index is 13.0. The van der Waals surface area contributed by atoms with Gasteiger partial charge in [0.15, 0.2) is 5.78 Å². The number of hydrogen-bond acceptors (Lipinski definition) is 5. The molecule has 0 aliphatic rings. The topological polar surface area (TPSA) is 107 Å². The zero-order chi connectivity index (χ0) is 22.4. The number of aromatic nitrogens is 1. The number of amidine groups is 1. The molecule has 0 bridgehead atoms. The largest absolute Gasteiger partial charge is 0.497 e. The van der Waals surface area contributed by atoms with Crippen LogP contribution in [-0.4, -0.2) is 36.7 Å². The van der Waals surface area contributed by atoms with Crippen LogP contribution in [0.25, 0.3) is 0 Å². The van der Waals surface area contributed by atoms with Gasteiger partial charge in [-0.3, -0.25) is 19.6 Å². The van der Waals surface area contributed by atoms with E-state index in [0.29, 0.717) is 39.1 Å². The van der Waals surface area contributed by atoms with Crippen LogP contribution in [0.2, 0.25) is 5.02 Å². The summed E-state index contributed by atoms with van der Waals surface area (Å²) in [5.74, 6) is 0.309. The molecular weight excluding hydrogens is 416 g/mol. The molecule has 0 aliphatic carbocycles. The van der Waals surface area contributed by atoms with Gasteiger partial charge in [0.25, 0.3) is 5.91 Å². The van der Waals surface area contributed by atoms with Crippen molar-refractivity contribution in [2.45, 2.75) is 6.42 Å². The minimum atomic E-state index is -0.359. The minimum absolute atomic E-state index is 0.0531. The van der Waals surface area contributed by atoms with Crippen molar-refractivity contribution in [2.75, 3.05) is 19.5 Å². The number of aliphatic imine (C=N–C) groups is 1. The molecule has 7 nitrogen and oxygen atoms in total. The van der Waals surface area contributed by atoms with Crippen LogP contribution in [-0.2, 0) is 6.42 Å². The van der Waals surface area contributed by atoms with Crippen molar-refractivity contribution in [3.8, 4) is 5.75 Å². The molecule has 3 aromatic rings. The van der Waals surface area contributed by atoms with Gasteiger partial charge in [-0.2, -0.15) is 0 Å². The van der Waals surface area contributed by atoms with Gasteiger partial charge >= 0.3 is 0 Å². The number of rotatable bonds is 7. The van der Waals surface area contributed by atoms with E-state index in [2.05, 4.69) is 15.3 Å². The predicted octanol–water partition coefficient (Wildman–Crippen LogP) is 3.76. The van der Waals surface area contributed by atoms with Gasteiger partial charge in [-0.1, -0.05) is 23.7 Å². The van der Waals surface area contributed by atoms with Gasteiger partial charge in [0.1, 0.15) is 11.6 Å². The lowest BCUT2D eigenvalue weighted by Crippen LogP contribution is -2.17. The van der Waals surface area contributed by atoms with Gasteiger partial charge < -0.3 is 15.8 Å². The number of benzene rings is 2. The minimum Gasteiger partial charge on any atom is -0.497 e. The van der Waals surface area contributed by atoms with Crippen LogP contribution < -0.4 is 15.8 Å². The SMILES string of the molecule is CN=C(N)c1ccc(C(=O)Nc2ccc(OC)cc2C(=O)Cc2ccc(Cl)cn2)cc1. The lowest BCUT2D eigenvalue weighted by atomic mass is 10.0. The molecule has 3 N–H and O–H groups in total. The monoisotopic (exact) mass is 436 g/mol. The Morgan fingerprint density at radius 3 is 2.42 bits per heavy atom. The molecule has 31 heavy (non-hydrogen) atoms. The molecule has 2 aromatic carbocycles. The first kappa shape index (κ1) is 22.0. The first-order valence-corrected chi connectivity index (χ1v) is 9.74. The number of halogens is 1. The van der Waals surface area contributed by atoms with Gasteiger partial charge in [-0.25, -0.2) is 0 Å². The second-order valence-electron chi connectivity index (χ2n) is 6.62. The number of nitrogens with zero attached hydrogens (tertiary/aromatic N) is 2. The number of ketones is 1. The van der Waals surface area contributed by atoms with E-state index in [-0.39, 0.29) is 18.1 Å². The molecule has 1 amide bonds. The fraction of sp³-hybridized carbons (Fsp3) is 0.130. The lowest BCUT2D eigenvalue weighted by Gasteiger charge is -2.12. The summed E-state index contributed by atoms with van der Waals surface area (Å²) < 4.78 is 5.24. The summed E-state index contributed by atoms with van der Waals surface area (Å²) in [6, 6.07) is 15.0. The molecule has 0 aliphatic heterocycles. The van der Waals surface area contributed by atoms with Crippen molar-refractivity contribution in [3.63, 3.8) is 0 Å². The quantitative estimate of drug-likeness (QED) is 0.333. The Kier molecular flexibility index (Phi) is 6.99. The summed E-state index contributed by atoms with van der Waals surface area (Å²) in [6.07, 6.45) is 1.54. The molecule has 0 spiro atoms. The smallest absolute Gasteiger partial charge is 0.255 e. The Bertz CT molecular complexity index is 1130. The third kappa shape index (κ3) is 5.46. The number of pyridine rings is 1. The Hall–Kier alpha value is -3.71. The van der Waals surface area contributed by atoms with Crippen molar-refractivity contribution in [2.24, 2.45) is 10.7 Å². The van der Waals surface area contributed by atoms with Crippen molar-refractivity contribution < 1.29 is 14.3 Å². The van der Waals surface area contributed by atoms with E-state index in [1.54, 1.807) is 61.6 Å². The summed E-state index contributed by atoms with van der Waals surface area (Å²) in [4.78, 5) is 33.8. The zero-order valence-corrected chi connectivity index (χ0v) is 17.8. The maximum absolute atomic E-state index is 13.0. The van der Waals surface area contributed by atoms with E-state index >= 15 is 0 Å². The Morgan fingerprint density at radius 1 is 1.10 bits per heavy atom. The molecule has 0 radical (unpaired) electrons. The average Bonchev–Trinajstić information content (AvgIpc) is 2.80. The molecule has 1 heterocycles. The third-order valence-corrected chi connectivity index (χ3v) is 4.81. The Morgan fingerprint density at radius 2 is 1.81 bits per heavy atom. The highest BCUT2D eigenvalue weighted by molar-refractivity contribution is 6.30. The van der Waals surface area contributed by atoms with E-state index in [1.165, 1.54) is 13.3 Å². The maximum Gasteiger partial charge on any atom is 0.255 e. The van der Waals surface area contributed by atoms with Gasteiger partial charge in [-0.15, -0.1) is 0 Å². The fourth-order valence-electron chi connectivity index (χ4n) is 2.88. The van der Waals surface area contributed by atoms with Crippen LogP contribution in [0, 0.1) is 0 Å². The number of amides is 1.